The highest BCUT2D eigenvalue weighted by atomic mass is 35.5. The second-order valence-electron chi connectivity index (χ2n) is 8.34. The number of aromatic nitrogens is 4. The molecule has 180 valence electrons. The molecule has 2 aliphatic rings. The number of piperidine rings is 1. The van der Waals surface area contributed by atoms with E-state index in [0.29, 0.717) is 16.6 Å². The van der Waals surface area contributed by atoms with Crippen LogP contribution in [0.4, 0.5) is 5.82 Å². The SMILES string of the molecule is O=C(NCc1ccc(Cl)c(Cl)c1)C1CCN(c2ncnc3c2nc2n3CCCC2)CC1.O=CO. The molecule has 2 aliphatic heterocycles. The first-order valence-corrected chi connectivity index (χ1v) is 12.0. The zero-order valence-electron chi connectivity index (χ0n) is 18.6. The van der Waals surface area contributed by atoms with E-state index in [2.05, 4.69) is 24.8 Å². The van der Waals surface area contributed by atoms with E-state index in [1.54, 1.807) is 18.5 Å². The fourth-order valence-corrected chi connectivity index (χ4v) is 4.84. The maximum absolute atomic E-state index is 12.7. The third kappa shape index (κ3) is 5.26. The number of amides is 1. The van der Waals surface area contributed by atoms with Gasteiger partial charge in [0.05, 0.1) is 10.0 Å². The van der Waals surface area contributed by atoms with Crippen LogP contribution in [0.15, 0.2) is 24.5 Å². The number of benzene rings is 1. The molecule has 3 aromatic rings. The van der Waals surface area contributed by atoms with Crippen molar-refractivity contribution in [2.75, 3.05) is 18.0 Å². The molecule has 34 heavy (non-hydrogen) atoms. The quantitative estimate of drug-likeness (QED) is 0.520. The fraction of sp³-hybridized carbons (Fsp3) is 0.435. The maximum atomic E-state index is 12.7. The number of carboxylic acid groups (broad SMARTS) is 1. The lowest BCUT2D eigenvalue weighted by Crippen LogP contribution is -2.40. The van der Waals surface area contributed by atoms with E-state index in [-0.39, 0.29) is 18.3 Å². The summed E-state index contributed by atoms with van der Waals surface area (Å²) in [5, 5.41) is 10.9. The Morgan fingerprint density at radius 3 is 2.65 bits per heavy atom. The number of hydrogen-bond acceptors (Lipinski definition) is 6. The van der Waals surface area contributed by atoms with Crippen molar-refractivity contribution in [3.05, 3.63) is 46.0 Å². The predicted molar refractivity (Wildman–Crippen MR) is 130 cm³/mol. The maximum Gasteiger partial charge on any atom is 0.290 e. The highest BCUT2D eigenvalue weighted by Crippen LogP contribution is 2.29. The van der Waals surface area contributed by atoms with Crippen LogP contribution in [-0.2, 0) is 29.1 Å². The number of carbonyl (C=O) groups excluding carboxylic acids is 1. The van der Waals surface area contributed by atoms with Gasteiger partial charge in [-0.2, -0.15) is 0 Å². The highest BCUT2D eigenvalue weighted by molar-refractivity contribution is 6.42. The minimum Gasteiger partial charge on any atom is -0.483 e. The lowest BCUT2D eigenvalue weighted by atomic mass is 9.95. The molecule has 9 nitrogen and oxygen atoms in total. The van der Waals surface area contributed by atoms with Crippen molar-refractivity contribution in [3.63, 3.8) is 0 Å². The van der Waals surface area contributed by atoms with Crippen molar-refractivity contribution in [2.24, 2.45) is 5.92 Å². The molecule has 0 bridgehead atoms. The van der Waals surface area contributed by atoms with Crippen LogP contribution in [0.3, 0.4) is 0 Å². The molecule has 5 rings (SSSR count). The second kappa shape index (κ2) is 11.0. The summed E-state index contributed by atoms with van der Waals surface area (Å²) in [4.78, 5) is 37.2. The molecule has 1 aromatic carbocycles. The Balaban J connectivity index is 0.000000868. The van der Waals surface area contributed by atoms with E-state index >= 15 is 0 Å². The molecule has 2 aromatic heterocycles. The molecule has 4 heterocycles. The van der Waals surface area contributed by atoms with E-state index in [9.17, 15) is 4.79 Å². The number of imidazole rings is 1. The lowest BCUT2D eigenvalue weighted by molar-refractivity contribution is -0.126. The monoisotopic (exact) mass is 504 g/mol. The number of aryl methyl sites for hydroxylation is 2. The summed E-state index contributed by atoms with van der Waals surface area (Å²) in [6.07, 6.45) is 6.54. The average molecular weight is 505 g/mol. The van der Waals surface area contributed by atoms with Crippen LogP contribution in [0.1, 0.15) is 37.1 Å². The molecule has 11 heteroatoms. The van der Waals surface area contributed by atoms with Crippen molar-refractivity contribution in [2.45, 2.75) is 45.2 Å². The van der Waals surface area contributed by atoms with E-state index in [0.717, 1.165) is 67.3 Å². The van der Waals surface area contributed by atoms with Gasteiger partial charge in [-0.05, 0) is 43.4 Å². The van der Waals surface area contributed by atoms with Gasteiger partial charge in [0.25, 0.3) is 6.47 Å². The standard InChI is InChI=1S/C22H24Cl2N6O.CH2O2/c23-16-5-4-14(11-17(16)24)12-25-22(31)15-6-9-29(10-7-15)20-19-21(27-13-26-20)30-8-2-1-3-18(30)28-19;2-1-3/h4-5,11,13,15H,1-3,6-10,12H2,(H,25,31);1H,(H,2,3). The zero-order valence-corrected chi connectivity index (χ0v) is 20.1. The van der Waals surface area contributed by atoms with E-state index < -0.39 is 0 Å². The minimum absolute atomic E-state index is 0.00782. The first kappa shape index (κ1) is 24.2. The summed E-state index contributed by atoms with van der Waals surface area (Å²) in [6.45, 7) is 2.73. The Hall–Kier alpha value is -2.91. The van der Waals surface area contributed by atoms with Crippen molar-refractivity contribution >= 4 is 52.6 Å². The Morgan fingerprint density at radius 1 is 1.15 bits per heavy atom. The Kier molecular flexibility index (Phi) is 7.84. The zero-order chi connectivity index (χ0) is 24.1. The summed E-state index contributed by atoms with van der Waals surface area (Å²) in [5.74, 6) is 2.07. The largest absolute Gasteiger partial charge is 0.483 e. The highest BCUT2D eigenvalue weighted by Gasteiger charge is 2.28. The molecule has 1 saturated heterocycles. The first-order valence-electron chi connectivity index (χ1n) is 11.3. The normalized spacial score (nSPS) is 15.9. The summed E-state index contributed by atoms with van der Waals surface area (Å²) < 4.78 is 2.23. The van der Waals surface area contributed by atoms with Gasteiger partial charge in [0.2, 0.25) is 5.91 Å². The van der Waals surface area contributed by atoms with Crippen LogP contribution in [0.2, 0.25) is 10.0 Å². The molecule has 0 saturated carbocycles. The second-order valence-corrected chi connectivity index (χ2v) is 9.15. The van der Waals surface area contributed by atoms with E-state index in [4.69, 9.17) is 38.1 Å². The molecule has 0 unspecified atom stereocenters. The first-order chi connectivity index (χ1) is 16.5. The average Bonchev–Trinajstić information content (AvgIpc) is 3.24. The molecule has 0 radical (unpaired) electrons. The molecule has 0 spiro atoms. The lowest BCUT2D eigenvalue weighted by Gasteiger charge is -2.32. The van der Waals surface area contributed by atoms with Crippen molar-refractivity contribution in [1.29, 1.82) is 0 Å². The van der Waals surface area contributed by atoms with Crippen LogP contribution in [0.5, 0.6) is 0 Å². The number of carbonyl (C=O) groups is 2. The van der Waals surface area contributed by atoms with Crippen molar-refractivity contribution < 1.29 is 14.7 Å². The number of rotatable bonds is 4. The molecule has 2 N–H and O–H groups in total. The number of fused-ring (bicyclic) bond motifs is 3. The van der Waals surface area contributed by atoms with Gasteiger partial charge in [0.15, 0.2) is 17.0 Å². The summed E-state index contributed by atoms with van der Waals surface area (Å²) >= 11 is 12.0. The summed E-state index contributed by atoms with van der Waals surface area (Å²) in [5.41, 5.74) is 2.76. The number of halogens is 2. The van der Waals surface area contributed by atoms with Gasteiger partial charge in [-0.1, -0.05) is 29.3 Å². The van der Waals surface area contributed by atoms with Gasteiger partial charge in [0.1, 0.15) is 12.2 Å². The van der Waals surface area contributed by atoms with Crippen LogP contribution >= 0.6 is 23.2 Å². The summed E-state index contributed by atoms with van der Waals surface area (Å²) in [6, 6.07) is 5.42. The predicted octanol–water partition coefficient (Wildman–Crippen LogP) is 3.70. The topological polar surface area (TPSA) is 113 Å². The minimum atomic E-state index is -0.250. The van der Waals surface area contributed by atoms with Crippen LogP contribution < -0.4 is 10.2 Å². The molecule has 1 fully saturated rings. The van der Waals surface area contributed by atoms with Crippen LogP contribution in [0, 0.1) is 5.92 Å². The molecule has 0 atom stereocenters. The van der Waals surface area contributed by atoms with Gasteiger partial charge in [-0.15, -0.1) is 0 Å². The van der Waals surface area contributed by atoms with Crippen molar-refractivity contribution in [3.8, 4) is 0 Å². The van der Waals surface area contributed by atoms with E-state index in [1.165, 1.54) is 12.8 Å². The molecular weight excluding hydrogens is 479 g/mol. The van der Waals surface area contributed by atoms with Crippen molar-refractivity contribution in [1.82, 2.24) is 24.8 Å². The number of hydrogen-bond donors (Lipinski definition) is 2. The van der Waals surface area contributed by atoms with Crippen LogP contribution in [-0.4, -0.2) is 50.1 Å². The Bertz CT molecular complexity index is 1180. The summed E-state index contributed by atoms with van der Waals surface area (Å²) in [7, 11) is 0. The third-order valence-electron chi connectivity index (χ3n) is 6.24. The van der Waals surface area contributed by atoms with Gasteiger partial charge in [-0.25, -0.2) is 15.0 Å². The molecular formula is C23H26Cl2N6O3. The van der Waals surface area contributed by atoms with Gasteiger partial charge >= 0.3 is 0 Å². The van der Waals surface area contributed by atoms with Gasteiger partial charge in [0, 0.05) is 38.5 Å². The number of anilines is 1. The smallest absolute Gasteiger partial charge is 0.290 e. The molecule has 1 amide bonds. The van der Waals surface area contributed by atoms with Gasteiger partial charge in [-0.3, -0.25) is 9.59 Å². The Morgan fingerprint density at radius 2 is 1.91 bits per heavy atom. The number of nitrogens with one attached hydrogen (secondary N) is 1. The fourth-order valence-electron chi connectivity index (χ4n) is 4.52. The van der Waals surface area contributed by atoms with E-state index in [1.807, 2.05) is 6.07 Å². The van der Waals surface area contributed by atoms with Gasteiger partial charge < -0.3 is 19.9 Å². The molecule has 0 aliphatic carbocycles. The Labute approximate surface area is 207 Å². The number of nitrogens with zero attached hydrogens (tertiary/aromatic N) is 5. The van der Waals surface area contributed by atoms with Crippen LogP contribution in [0.25, 0.3) is 11.2 Å². The third-order valence-corrected chi connectivity index (χ3v) is 6.98.